The predicted molar refractivity (Wildman–Crippen MR) is 89.2 cm³/mol. The van der Waals surface area contributed by atoms with Crippen LogP contribution in [-0.2, 0) is 0 Å². The maximum atomic E-state index is 11.1. The molecule has 0 radical (unpaired) electrons. The molecular formula is C21H28O. The van der Waals surface area contributed by atoms with E-state index in [2.05, 4.69) is 19.1 Å². The van der Waals surface area contributed by atoms with Crippen molar-refractivity contribution in [3.8, 4) is 5.75 Å². The Morgan fingerprint density at radius 1 is 0.773 bits per heavy atom. The maximum absolute atomic E-state index is 11.1. The van der Waals surface area contributed by atoms with Gasteiger partial charge in [-0.3, -0.25) is 0 Å². The van der Waals surface area contributed by atoms with Crippen LogP contribution in [0.3, 0.4) is 0 Å². The van der Waals surface area contributed by atoms with Crippen LogP contribution < -0.4 is 0 Å². The molecule has 22 heavy (non-hydrogen) atoms. The van der Waals surface area contributed by atoms with Crippen LogP contribution in [0.5, 0.6) is 5.75 Å². The molecule has 4 fully saturated rings. The molecule has 1 aromatic rings. The number of phenols is 1. The van der Waals surface area contributed by atoms with E-state index in [9.17, 15) is 5.11 Å². The minimum atomic E-state index is 0.649. The molecule has 6 atom stereocenters. The topological polar surface area (TPSA) is 20.2 Å². The van der Waals surface area contributed by atoms with Crippen molar-refractivity contribution in [3.05, 3.63) is 28.8 Å². The fourth-order valence-electron chi connectivity index (χ4n) is 6.65. The van der Waals surface area contributed by atoms with Crippen molar-refractivity contribution in [2.24, 2.45) is 23.7 Å². The molecule has 0 aliphatic heterocycles. The molecule has 1 N–H and O–H groups in total. The molecule has 4 saturated carbocycles. The highest BCUT2D eigenvalue weighted by molar-refractivity contribution is 5.48. The molecule has 0 spiro atoms. The first kappa shape index (κ1) is 13.5. The molecule has 0 heterocycles. The highest BCUT2D eigenvalue weighted by Gasteiger charge is 2.44. The normalized spacial score (nSPS) is 42.4. The van der Waals surface area contributed by atoms with Gasteiger partial charge in [-0.25, -0.2) is 0 Å². The number of benzene rings is 1. The van der Waals surface area contributed by atoms with E-state index in [0.717, 1.165) is 23.7 Å². The minimum Gasteiger partial charge on any atom is -0.507 e. The van der Waals surface area contributed by atoms with E-state index in [4.69, 9.17) is 0 Å². The van der Waals surface area contributed by atoms with Gasteiger partial charge in [0, 0.05) is 0 Å². The zero-order chi connectivity index (χ0) is 14.8. The first-order valence-corrected chi connectivity index (χ1v) is 9.52. The molecule has 4 aliphatic carbocycles. The van der Waals surface area contributed by atoms with E-state index in [1.807, 2.05) is 0 Å². The molecule has 0 saturated heterocycles. The van der Waals surface area contributed by atoms with Crippen LogP contribution >= 0.6 is 0 Å². The lowest BCUT2D eigenvalue weighted by molar-refractivity contribution is 0.376. The summed E-state index contributed by atoms with van der Waals surface area (Å²) in [4.78, 5) is 0. The minimum absolute atomic E-state index is 0.649. The van der Waals surface area contributed by atoms with Gasteiger partial charge in [0.05, 0.1) is 0 Å². The van der Waals surface area contributed by atoms with E-state index >= 15 is 0 Å². The monoisotopic (exact) mass is 296 g/mol. The molecule has 2 unspecified atom stereocenters. The van der Waals surface area contributed by atoms with Gasteiger partial charge in [0.15, 0.2) is 0 Å². The number of aryl methyl sites for hydroxylation is 1. The van der Waals surface area contributed by atoms with Crippen molar-refractivity contribution in [1.82, 2.24) is 0 Å². The predicted octanol–water partition coefficient (Wildman–Crippen LogP) is 5.51. The summed E-state index contributed by atoms with van der Waals surface area (Å²) in [5.41, 5.74) is 3.99. The van der Waals surface area contributed by atoms with Crippen molar-refractivity contribution in [3.63, 3.8) is 0 Å². The second-order valence-electron chi connectivity index (χ2n) is 8.85. The number of hydrogen-bond acceptors (Lipinski definition) is 1. The van der Waals surface area contributed by atoms with E-state index in [-0.39, 0.29) is 0 Å². The van der Waals surface area contributed by atoms with Crippen molar-refractivity contribution in [2.75, 3.05) is 0 Å². The zero-order valence-electron chi connectivity index (χ0n) is 13.7. The van der Waals surface area contributed by atoms with Crippen molar-refractivity contribution < 1.29 is 5.11 Å². The molecule has 0 aromatic heterocycles. The molecular weight excluding hydrogens is 268 g/mol. The van der Waals surface area contributed by atoms with Gasteiger partial charge >= 0.3 is 0 Å². The fourth-order valence-corrected chi connectivity index (χ4v) is 6.65. The second kappa shape index (κ2) is 4.76. The lowest BCUT2D eigenvalue weighted by Gasteiger charge is -2.28. The maximum Gasteiger partial charge on any atom is 0.122 e. The molecule has 1 heteroatoms. The lowest BCUT2D eigenvalue weighted by atomic mass is 9.77. The third-order valence-corrected chi connectivity index (χ3v) is 7.59. The van der Waals surface area contributed by atoms with Crippen LogP contribution in [-0.4, -0.2) is 5.11 Å². The molecule has 5 rings (SSSR count). The van der Waals surface area contributed by atoms with Gasteiger partial charge in [-0.15, -0.1) is 0 Å². The average molecular weight is 296 g/mol. The van der Waals surface area contributed by atoms with E-state index in [1.165, 1.54) is 68.1 Å². The molecule has 118 valence electrons. The largest absolute Gasteiger partial charge is 0.507 e. The lowest BCUT2D eigenvalue weighted by Crippen LogP contribution is -2.13. The van der Waals surface area contributed by atoms with E-state index in [0.29, 0.717) is 17.6 Å². The molecule has 4 bridgehead atoms. The van der Waals surface area contributed by atoms with Gasteiger partial charge in [0.1, 0.15) is 5.75 Å². The van der Waals surface area contributed by atoms with Crippen molar-refractivity contribution >= 4 is 0 Å². The number of phenolic OH excluding ortho intramolecular Hbond substituents is 1. The summed E-state index contributed by atoms with van der Waals surface area (Å²) in [6, 6.07) is 4.61. The van der Waals surface area contributed by atoms with Crippen LogP contribution in [0.25, 0.3) is 0 Å². The van der Waals surface area contributed by atoms with Gasteiger partial charge < -0.3 is 5.11 Å². The summed E-state index contributed by atoms with van der Waals surface area (Å²) in [5.74, 6) is 5.59. The zero-order valence-corrected chi connectivity index (χ0v) is 13.7. The van der Waals surface area contributed by atoms with Crippen molar-refractivity contribution in [1.29, 1.82) is 0 Å². The highest BCUT2D eigenvalue weighted by Crippen LogP contribution is 2.58. The summed E-state index contributed by atoms with van der Waals surface area (Å²) in [6.45, 7) is 2.23. The average Bonchev–Trinajstić information content (AvgIpc) is 3.29. The Hall–Kier alpha value is -0.980. The Labute approximate surface area is 134 Å². The smallest absolute Gasteiger partial charge is 0.122 e. The standard InChI is InChI=1S/C21H28O/c1-12-6-19(17-10-13-2-4-15(17)8-13)21(22)20(7-12)18-11-14-3-5-16(18)9-14/h6-7,13-18,22H,2-5,8-11H2,1H3/t13-,14+,15+,16-,17?,18?. The Morgan fingerprint density at radius 3 is 1.64 bits per heavy atom. The number of rotatable bonds is 2. The molecule has 1 nitrogen and oxygen atoms in total. The Bertz CT molecular complexity index is 555. The van der Waals surface area contributed by atoms with E-state index in [1.54, 1.807) is 0 Å². The summed E-state index contributed by atoms with van der Waals surface area (Å²) in [6.07, 6.45) is 11.2. The van der Waals surface area contributed by atoms with Crippen LogP contribution in [0.2, 0.25) is 0 Å². The Balaban J connectivity index is 1.53. The van der Waals surface area contributed by atoms with Gasteiger partial charge in [0.25, 0.3) is 0 Å². The van der Waals surface area contributed by atoms with Gasteiger partial charge in [-0.05, 0) is 92.1 Å². The first-order valence-electron chi connectivity index (χ1n) is 9.52. The van der Waals surface area contributed by atoms with Crippen molar-refractivity contribution in [2.45, 2.75) is 70.1 Å². The second-order valence-corrected chi connectivity index (χ2v) is 8.85. The first-order chi connectivity index (χ1) is 10.7. The van der Waals surface area contributed by atoms with Crippen LogP contribution in [0, 0.1) is 30.6 Å². The Morgan fingerprint density at radius 2 is 1.27 bits per heavy atom. The summed E-state index contributed by atoms with van der Waals surface area (Å²) in [5, 5.41) is 11.1. The fraction of sp³-hybridized carbons (Fsp3) is 0.714. The third kappa shape index (κ3) is 1.90. The summed E-state index contributed by atoms with van der Waals surface area (Å²) < 4.78 is 0. The quantitative estimate of drug-likeness (QED) is 0.763. The van der Waals surface area contributed by atoms with Crippen LogP contribution in [0.4, 0.5) is 0 Å². The summed E-state index contributed by atoms with van der Waals surface area (Å²) >= 11 is 0. The Kier molecular flexibility index (Phi) is 2.91. The molecule has 1 aromatic carbocycles. The number of hydrogen-bond donors (Lipinski definition) is 1. The SMILES string of the molecule is Cc1cc(C2C[C@H]3CC[C@@H]2C3)c(O)c(C2C[C@@H]3CC[C@H]2C3)c1. The van der Waals surface area contributed by atoms with Crippen LogP contribution in [0.15, 0.2) is 12.1 Å². The summed E-state index contributed by atoms with van der Waals surface area (Å²) in [7, 11) is 0. The van der Waals surface area contributed by atoms with E-state index < -0.39 is 0 Å². The molecule has 0 amide bonds. The van der Waals surface area contributed by atoms with Gasteiger partial charge in [-0.1, -0.05) is 30.5 Å². The number of aromatic hydroxyl groups is 1. The highest BCUT2D eigenvalue weighted by atomic mass is 16.3. The van der Waals surface area contributed by atoms with Gasteiger partial charge in [0.2, 0.25) is 0 Å². The third-order valence-electron chi connectivity index (χ3n) is 7.59. The van der Waals surface area contributed by atoms with Crippen LogP contribution in [0.1, 0.15) is 79.9 Å². The number of fused-ring (bicyclic) bond motifs is 4. The molecule has 4 aliphatic rings. The van der Waals surface area contributed by atoms with Gasteiger partial charge in [-0.2, -0.15) is 0 Å².